The maximum absolute atomic E-state index is 9.63. The summed E-state index contributed by atoms with van der Waals surface area (Å²) in [6.07, 6.45) is 4.17. The van der Waals surface area contributed by atoms with Crippen molar-refractivity contribution < 1.29 is 9.84 Å². The summed E-state index contributed by atoms with van der Waals surface area (Å²) in [5, 5.41) is 17.0. The van der Waals surface area contributed by atoms with Gasteiger partial charge in [-0.1, -0.05) is 13.3 Å². The standard InChI is InChI=1S/C12H24N4O2/c1-3-4-7-18-9-11(17)8-13-6-5-12-14-10-16(2)15-12/h10-11,13,17H,3-9H2,1-2H3. The van der Waals surface area contributed by atoms with E-state index >= 15 is 0 Å². The molecule has 0 aliphatic carbocycles. The molecule has 0 aromatic carbocycles. The van der Waals surface area contributed by atoms with E-state index < -0.39 is 6.10 Å². The number of unbranched alkanes of at least 4 members (excludes halogenated alkanes) is 1. The highest BCUT2D eigenvalue weighted by Gasteiger charge is 2.04. The van der Waals surface area contributed by atoms with Crippen molar-refractivity contribution in [3.63, 3.8) is 0 Å². The van der Waals surface area contributed by atoms with Gasteiger partial charge < -0.3 is 15.2 Å². The number of aliphatic hydroxyl groups excluding tert-OH is 1. The van der Waals surface area contributed by atoms with Crippen LogP contribution in [-0.2, 0) is 18.2 Å². The summed E-state index contributed by atoms with van der Waals surface area (Å²) < 4.78 is 7.02. The fourth-order valence-electron chi connectivity index (χ4n) is 1.49. The predicted molar refractivity (Wildman–Crippen MR) is 69.3 cm³/mol. The van der Waals surface area contributed by atoms with E-state index in [0.29, 0.717) is 13.2 Å². The Morgan fingerprint density at radius 3 is 3.06 bits per heavy atom. The molecular formula is C12H24N4O2. The molecule has 1 atom stereocenters. The summed E-state index contributed by atoms with van der Waals surface area (Å²) in [7, 11) is 1.85. The highest BCUT2D eigenvalue weighted by Crippen LogP contribution is 1.91. The molecule has 1 unspecified atom stereocenters. The van der Waals surface area contributed by atoms with E-state index in [1.807, 2.05) is 7.05 Å². The molecule has 0 radical (unpaired) electrons. The number of aromatic nitrogens is 3. The van der Waals surface area contributed by atoms with E-state index in [1.54, 1.807) is 11.0 Å². The zero-order chi connectivity index (χ0) is 13.2. The van der Waals surface area contributed by atoms with Crippen LogP contribution < -0.4 is 5.32 Å². The van der Waals surface area contributed by atoms with Crippen LogP contribution >= 0.6 is 0 Å². The van der Waals surface area contributed by atoms with Crippen molar-refractivity contribution in [3.05, 3.63) is 12.2 Å². The number of hydrogen-bond acceptors (Lipinski definition) is 5. The van der Waals surface area contributed by atoms with Gasteiger partial charge in [-0.15, -0.1) is 0 Å². The molecule has 1 aromatic heterocycles. The summed E-state index contributed by atoms with van der Waals surface area (Å²) >= 11 is 0. The van der Waals surface area contributed by atoms with Gasteiger partial charge in [-0.05, 0) is 6.42 Å². The Kier molecular flexibility index (Phi) is 7.55. The first-order valence-corrected chi connectivity index (χ1v) is 6.53. The third kappa shape index (κ3) is 6.68. The Balaban J connectivity index is 1.96. The molecule has 6 nitrogen and oxygen atoms in total. The van der Waals surface area contributed by atoms with Gasteiger partial charge in [0, 0.05) is 33.2 Å². The molecule has 1 aromatic rings. The van der Waals surface area contributed by atoms with Crippen LogP contribution in [0.3, 0.4) is 0 Å². The van der Waals surface area contributed by atoms with Gasteiger partial charge in [-0.3, -0.25) is 4.68 Å². The fraction of sp³-hybridized carbons (Fsp3) is 0.833. The van der Waals surface area contributed by atoms with E-state index in [-0.39, 0.29) is 0 Å². The molecule has 104 valence electrons. The van der Waals surface area contributed by atoms with Crippen molar-refractivity contribution in [1.82, 2.24) is 20.1 Å². The predicted octanol–water partition coefficient (Wildman–Crippen LogP) is 0.125. The number of nitrogens with one attached hydrogen (secondary N) is 1. The van der Waals surface area contributed by atoms with Gasteiger partial charge in [0.05, 0.1) is 12.7 Å². The van der Waals surface area contributed by atoms with Crippen LogP contribution in [0.15, 0.2) is 6.33 Å². The number of aliphatic hydroxyl groups is 1. The SMILES string of the molecule is CCCCOCC(O)CNCCc1ncn(C)n1. The highest BCUT2D eigenvalue weighted by atomic mass is 16.5. The second kappa shape index (κ2) is 9.02. The van der Waals surface area contributed by atoms with E-state index in [2.05, 4.69) is 22.3 Å². The number of hydrogen-bond donors (Lipinski definition) is 2. The molecule has 1 heterocycles. The Hall–Kier alpha value is -0.980. The van der Waals surface area contributed by atoms with E-state index in [9.17, 15) is 5.11 Å². The normalized spacial score (nSPS) is 12.8. The molecule has 0 aliphatic heterocycles. The number of rotatable bonds is 10. The van der Waals surface area contributed by atoms with Crippen molar-refractivity contribution >= 4 is 0 Å². The molecule has 1 rings (SSSR count). The Labute approximate surface area is 108 Å². The van der Waals surface area contributed by atoms with Crippen LogP contribution in [0.5, 0.6) is 0 Å². The van der Waals surface area contributed by atoms with E-state index in [0.717, 1.165) is 38.2 Å². The lowest BCUT2D eigenvalue weighted by molar-refractivity contribution is 0.0360. The molecule has 0 bridgehead atoms. The Morgan fingerprint density at radius 1 is 1.56 bits per heavy atom. The highest BCUT2D eigenvalue weighted by molar-refractivity contribution is 4.82. The van der Waals surface area contributed by atoms with Crippen LogP contribution in [0, 0.1) is 0 Å². The number of aryl methyl sites for hydroxylation is 1. The lowest BCUT2D eigenvalue weighted by Crippen LogP contribution is -2.31. The summed E-state index contributed by atoms with van der Waals surface area (Å²) in [5.74, 6) is 0.818. The molecule has 0 fully saturated rings. The summed E-state index contributed by atoms with van der Waals surface area (Å²) in [5.41, 5.74) is 0. The molecule has 0 spiro atoms. The minimum absolute atomic E-state index is 0.398. The van der Waals surface area contributed by atoms with Crippen LogP contribution in [0.4, 0.5) is 0 Å². The molecule has 0 amide bonds. The average Bonchev–Trinajstić information content (AvgIpc) is 2.76. The quantitative estimate of drug-likeness (QED) is 0.582. The maximum atomic E-state index is 9.63. The second-order valence-corrected chi connectivity index (χ2v) is 4.37. The van der Waals surface area contributed by atoms with Gasteiger partial charge in [0.2, 0.25) is 0 Å². The first-order valence-electron chi connectivity index (χ1n) is 6.53. The van der Waals surface area contributed by atoms with Gasteiger partial charge in [-0.25, -0.2) is 4.98 Å². The monoisotopic (exact) mass is 256 g/mol. The minimum atomic E-state index is -0.446. The molecule has 18 heavy (non-hydrogen) atoms. The fourth-order valence-corrected chi connectivity index (χ4v) is 1.49. The lowest BCUT2D eigenvalue weighted by atomic mass is 10.3. The van der Waals surface area contributed by atoms with Crippen LogP contribution in [0.25, 0.3) is 0 Å². The molecule has 2 N–H and O–H groups in total. The Bertz CT molecular complexity index is 317. The number of nitrogens with zero attached hydrogens (tertiary/aromatic N) is 3. The van der Waals surface area contributed by atoms with E-state index in [1.165, 1.54) is 0 Å². The minimum Gasteiger partial charge on any atom is -0.389 e. The number of ether oxygens (including phenoxy) is 1. The van der Waals surface area contributed by atoms with Gasteiger partial charge in [-0.2, -0.15) is 5.10 Å². The molecule has 0 saturated carbocycles. The summed E-state index contributed by atoms with van der Waals surface area (Å²) in [6.45, 7) is 4.54. The van der Waals surface area contributed by atoms with Crippen molar-refractivity contribution in [1.29, 1.82) is 0 Å². The van der Waals surface area contributed by atoms with Gasteiger partial charge in [0.25, 0.3) is 0 Å². The van der Waals surface area contributed by atoms with Crippen molar-refractivity contribution in [3.8, 4) is 0 Å². The third-order valence-electron chi connectivity index (χ3n) is 2.50. The smallest absolute Gasteiger partial charge is 0.151 e. The third-order valence-corrected chi connectivity index (χ3v) is 2.50. The van der Waals surface area contributed by atoms with Gasteiger partial charge >= 0.3 is 0 Å². The zero-order valence-corrected chi connectivity index (χ0v) is 11.3. The lowest BCUT2D eigenvalue weighted by Gasteiger charge is -2.11. The zero-order valence-electron chi connectivity index (χ0n) is 11.3. The molecule has 0 saturated heterocycles. The molecule has 6 heteroatoms. The largest absolute Gasteiger partial charge is 0.389 e. The topological polar surface area (TPSA) is 72.2 Å². The Morgan fingerprint density at radius 2 is 2.39 bits per heavy atom. The summed E-state index contributed by atoms with van der Waals surface area (Å²) in [4.78, 5) is 4.13. The maximum Gasteiger partial charge on any atom is 0.151 e. The second-order valence-electron chi connectivity index (χ2n) is 4.37. The molecule has 0 aliphatic rings. The van der Waals surface area contributed by atoms with Crippen molar-refractivity contribution in [2.24, 2.45) is 7.05 Å². The van der Waals surface area contributed by atoms with Crippen LogP contribution in [0.1, 0.15) is 25.6 Å². The first kappa shape index (κ1) is 15.1. The molecular weight excluding hydrogens is 232 g/mol. The van der Waals surface area contributed by atoms with Gasteiger partial charge in [0.15, 0.2) is 5.82 Å². The first-order chi connectivity index (χ1) is 8.72. The van der Waals surface area contributed by atoms with Crippen molar-refractivity contribution in [2.45, 2.75) is 32.3 Å². The summed E-state index contributed by atoms with van der Waals surface area (Å²) in [6, 6.07) is 0. The van der Waals surface area contributed by atoms with Crippen LogP contribution in [-0.4, -0.2) is 52.3 Å². The van der Waals surface area contributed by atoms with Crippen LogP contribution in [0.2, 0.25) is 0 Å². The average molecular weight is 256 g/mol. The van der Waals surface area contributed by atoms with Gasteiger partial charge in [0.1, 0.15) is 6.33 Å². The van der Waals surface area contributed by atoms with E-state index in [4.69, 9.17) is 4.74 Å². The van der Waals surface area contributed by atoms with Crippen molar-refractivity contribution in [2.75, 3.05) is 26.3 Å².